The Labute approximate surface area is 139 Å². The first kappa shape index (κ1) is 14.3. The Morgan fingerprint density at radius 1 is 1.09 bits per heavy atom. The molecule has 5 heteroatoms. The zero-order valence-electron chi connectivity index (χ0n) is 12.5. The fraction of sp³-hybridized carbons (Fsp3) is 0.222. The fourth-order valence-corrected chi connectivity index (χ4v) is 2.71. The highest BCUT2D eigenvalue weighted by Crippen LogP contribution is 2.30. The average molecular weight is 326 g/mol. The van der Waals surface area contributed by atoms with Crippen molar-refractivity contribution in [1.82, 2.24) is 9.97 Å². The van der Waals surface area contributed by atoms with E-state index in [-0.39, 0.29) is 0 Å². The Kier molecular flexibility index (Phi) is 3.75. The van der Waals surface area contributed by atoms with Gasteiger partial charge in [-0.25, -0.2) is 9.97 Å². The van der Waals surface area contributed by atoms with Crippen molar-refractivity contribution in [2.75, 3.05) is 5.32 Å². The highest BCUT2D eigenvalue weighted by molar-refractivity contribution is 6.29. The van der Waals surface area contributed by atoms with Gasteiger partial charge in [-0.15, -0.1) is 0 Å². The number of aromatic nitrogens is 2. The number of ether oxygens (including phenoxy) is 1. The predicted molar refractivity (Wildman–Crippen MR) is 92.5 cm³/mol. The third-order valence-electron chi connectivity index (χ3n) is 4.08. The van der Waals surface area contributed by atoms with Crippen LogP contribution in [0.5, 0.6) is 5.75 Å². The van der Waals surface area contributed by atoms with E-state index in [4.69, 9.17) is 16.3 Å². The normalized spacial score (nSPS) is 14.5. The largest absolute Gasteiger partial charge is 0.490 e. The van der Waals surface area contributed by atoms with E-state index in [0.29, 0.717) is 11.3 Å². The van der Waals surface area contributed by atoms with Crippen LogP contribution >= 0.6 is 11.6 Å². The molecule has 1 saturated carbocycles. The molecule has 3 aromatic rings. The SMILES string of the molecule is Clc1ccc(Nc2nccc3cc(OC4CCC4)ccc23)cn1. The van der Waals surface area contributed by atoms with Gasteiger partial charge < -0.3 is 10.1 Å². The molecule has 0 bridgehead atoms. The molecule has 116 valence electrons. The van der Waals surface area contributed by atoms with Crippen molar-refractivity contribution in [1.29, 1.82) is 0 Å². The quantitative estimate of drug-likeness (QED) is 0.689. The molecule has 0 unspecified atom stereocenters. The lowest BCUT2D eigenvalue weighted by atomic mass is 9.96. The second-order valence-electron chi connectivity index (χ2n) is 5.71. The molecule has 0 saturated heterocycles. The van der Waals surface area contributed by atoms with Gasteiger partial charge in [-0.2, -0.15) is 0 Å². The molecule has 0 aliphatic heterocycles. The maximum absolute atomic E-state index is 5.96. The van der Waals surface area contributed by atoms with E-state index in [2.05, 4.69) is 21.4 Å². The van der Waals surface area contributed by atoms with Crippen molar-refractivity contribution in [3.05, 3.63) is 53.9 Å². The zero-order valence-corrected chi connectivity index (χ0v) is 13.3. The van der Waals surface area contributed by atoms with Gasteiger partial charge in [-0.1, -0.05) is 11.6 Å². The molecular formula is C18H16ClN3O. The Balaban J connectivity index is 1.62. The molecule has 0 radical (unpaired) electrons. The van der Waals surface area contributed by atoms with Crippen LogP contribution < -0.4 is 10.1 Å². The summed E-state index contributed by atoms with van der Waals surface area (Å²) >= 11 is 5.82. The lowest BCUT2D eigenvalue weighted by Crippen LogP contribution is -2.24. The molecular weight excluding hydrogens is 310 g/mol. The molecule has 23 heavy (non-hydrogen) atoms. The van der Waals surface area contributed by atoms with Gasteiger partial charge in [-0.05, 0) is 61.0 Å². The first-order valence-electron chi connectivity index (χ1n) is 7.72. The van der Waals surface area contributed by atoms with Gasteiger partial charge in [0.2, 0.25) is 0 Å². The van der Waals surface area contributed by atoms with Gasteiger partial charge in [0.1, 0.15) is 16.7 Å². The van der Waals surface area contributed by atoms with Crippen LogP contribution in [0.3, 0.4) is 0 Å². The summed E-state index contributed by atoms with van der Waals surface area (Å²) in [5.74, 6) is 1.72. The van der Waals surface area contributed by atoms with E-state index in [9.17, 15) is 0 Å². The topological polar surface area (TPSA) is 47.0 Å². The number of anilines is 2. The summed E-state index contributed by atoms with van der Waals surface area (Å²) in [5.41, 5.74) is 0.851. The number of rotatable bonds is 4. The molecule has 0 spiro atoms. The first-order valence-corrected chi connectivity index (χ1v) is 8.10. The summed E-state index contributed by atoms with van der Waals surface area (Å²) in [4.78, 5) is 8.50. The van der Waals surface area contributed by atoms with Crippen LogP contribution in [0.15, 0.2) is 48.8 Å². The van der Waals surface area contributed by atoms with E-state index in [1.807, 2.05) is 24.3 Å². The number of nitrogens with zero attached hydrogens (tertiary/aromatic N) is 2. The minimum Gasteiger partial charge on any atom is -0.490 e. The van der Waals surface area contributed by atoms with Gasteiger partial charge in [0.25, 0.3) is 0 Å². The van der Waals surface area contributed by atoms with Crippen LogP contribution in [0.4, 0.5) is 11.5 Å². The summed E-state index contributed by atoms with van der Waals surface area (Å²) in [6.07, 6.45) is 7.45. The average Bonchev–Trinajstić information content (AvgIpc) is 2.53. The molecule has 4 rings (SSSR count). The second kappa shape index (κ2) is 6.05. The summed E-state index contributed by atoms with van der Waals surface area (Å²) in [6.45, 7) is 0. The molecule has 2 heterocycles. The van der Waals surface area contributed by atoms with E-state index < -0.39 is 0 Å². The van der Waals surface area contributed by atoms with Crippen molar-refractivity contribution in [2.24, 2.45) is 0 Å². The maximum Gasteiger partial charge on any atom is 0.138 e. The third kappa shape index (κ3) is 3.08. The molecule has 4 nitrogen and oxygen atoms in total. The van der Waals surface area contributed by atoms with Gasteiger partial charge in [-0.3, -0.25) is 0 Å². The smallest absolute Gasteiger partial charge is 0.138 e. The van der Waals surface area contributed by atoms with Crippen LogP contribution in [0.25, 0.3) is 10.8 Å². The zero-order chi connectivity index (χ0) is 15.6. The van der Waals surface area contributed by atoms with Crippen LogP contribution in [-0.2, 0) is 0 Å². The number of fused-ring (bicyclic) bond motifs is 1. The van der Waals surface area contributed by atoms with E-state index in [1.165, 1.54) is 6.42 Å². The Bertz CT molecular complexity index is 831. The number of pyridine rings is 2. The monoisotopic (exact) mass is 325 g/mol. The molecule has 1 fully saturated rings. The summed E-state index contributed by atoms with van der Waals surface area (Å²) in [7, 11) is 0. The van der Waals surface area contributed by atoms with E-state index in [0.717, 1.165) is 40.9 Å². The molecule has 1 aromatic carbocycles. The standard InChI is InChI=1S/C18H16ClN3O/c19-17-7-4-13(11-21-17)22-18-16-6-5-15(23-14-2-1-3-14)10-12(16)8-9-20-18/h4-11,14H,1-3H2,(H,20,22). The van der Waals surface area contributed by atoms with Crippen molar-refractivity contribution < 1.29 is 4.74 Å². The van der Waals surface area contributed by atoms with Crippen molar-refractivity contribution in [3.8, 4) is 5.75 Å². The molecule has 0 atom stereocenters. The minimum atomic E-state index is 0.382. The predicted octanol–water partition coefficient (Wildman–Crippen LogP) is 4.96. The third-order valence-corrected chi connectivity index (χ3v) is 4.30. The number of hydrogen-bond donors (Lipinski definition) is 1. The van der Waals surface area contributed by atoms with Crippen molar-refractivity contribution in [3.63, 3.8) is 0 Å². The van der Waals surface area contributed by atoms with E-state index in [1.54, 1.807) is 18.5 Å². The summed E-state index contributed by atoms with van der Waals surface area (Å²) < 4.78 is 5.96. The van der Waals surface area contributed by atoms with Crippen LogP contribution in [0, 0.1) is 0 Å². The summed E-state index contributed by atoms with van der Waals surface area (Å²) in [5, 5.41) is 5.90. The van der Waals surface area contributed by atoms with E-state index >= 15 is 0 Å². The highest BCUT2D eigenvalue weighted by atomic mass is 35.5. The molecule has 1 N–H and O–H groups in total. The van der Waals surface area contributed by atoms with Gasteiger partial charge >= 0.3 is 0 Å². The maximum atomic E-state index is 5.96. The van der Waals surface area contributed by atoms with Crippen LogP contribution in [0.2, 0.25) is 5.15 Å². The lowest BCUT2D eigenvalue weighted by molar-refractivity contribution is 0.120. The van der Waals surface area contributed by atoms with Crippen molar-refractivity contribution in [2.45, 2.75) is 25.4 Å². The fourth-order valence-electron chi connectivity index (χ4n) is 2.60. The van der Waals surface area contributed by atoms with Crippen LogP contribution in [-0.4, -0.2) is 16.1 Å². The Hall–Kier alpha value is -2.33. The molecule has 1 aliphatic carbocycles. The molecule has 1 aliphatic rings. The number of halogens is 1. The van der Waals surface area contributed by atoms with Gasteiger partial charge in [0, 0.05) is 11.6 Å². The first-order chi connectivity index (χ1) is 11.3. The highest BCUT2D eigenvalue weighted by Gasteiger charge is 2.19. The van der Waals surface area contributed by atoms with Crippen LogP contribution in [0.1, 0.15) is 19.3 Å². The second-order valence-corrected chi connectivity index (χ2v) is 6.10. The van der Waals surface area contributed by atoms with Gasteiger partial charge in [0.05, 0.1) is 18.0 Å². The van der Waals surface area contributed by atoms with Gasteiger partial charge in [0.15, 0.2) is 0 Å². The molecule has 2 aromatic heterocycles. The summed E-state index contributed by atoms with van der Waals surface area (Å²) in [6, 6.07) is 11.7. The number of benzene rings is 1. The minimum absolute atomic E-state index is 0.382. The Morgan fingerprint density at radius 3 is 2.74 bits per heavy atom. The van der Waals surface area contributed by atoms with Crippen molar-refractivity contribution >= 4 is 33.9 Å². The molecule has 0 amide bonds. The number of nitrogens with one attached hydrogen (secondary N) is 1. The lowest BCUT2D eigenvalue weighted by Gasteiger charge is -2.26. The number of hydrogen-bond acceptors (Lipinski definition) is 4. The Morgan fingerprint density at radius 2 is 2.00 bits per heavy atom.